The second kappa shape index (κ2) is 9.34. The van der Waals surface area contributed by atoms with Gasteiger partial charge in [0, 0.05) is 16.7 Å². The summed E-state index contributed by atoms with van der Waals surface area (Å²) >= 11 is 1.19. The SMILES string of the molecule is C/C(N)=C(\C#N)C(=O)COC(=O)c1ccc(Sc2ccccc2)c([N+](=O)[O-])c1. The maximum atomic E-state index is 12.1. The van der Waals surface area contributed by atoms with Crippen molar-refractivity contribution in [2.75, 3.05) is 6.61 Å². The number of nitro groups is 1. The van der Waals surface area contributed by atoms with E-state index in [9.17, 15) is 19.7 Å². The highest BCUT2D eigenvalue weighted by atomic mass is 32.2. The van der Waals surface area contributed by atoms with Crippen LogP contribution in [0.4, 0.5) is 5.69 Å². The van der Waals surface area contributed by atoms with E-state index in [-0.39, 0.29) is 22.5 Å². The lowest BCUT2D eigenvalue weighted by molar-refractivity contribution is -0.387. The van der Waals surface area contributed by atoms with Crippen molar-refractivity contribution in [1.82, 2.24) is 0 Å². The molecule has 0 amide bonds. The molecule has 2 aromatic carbocycles. The van der Waals surface area contributed by atoms with Gasteiger partial charge in [0.05, 0.1) is 15.4 Å². The lowest BCUT2D eigenvalue weighted by Gasteiger charge is -2.07. The first-order chi connectivity index (χ1) is 13.3. The number of ketones is 1. The number of rotatable bonds is 7. The molecule has 0 aromatic heterocycles. The molecule has 0 unspecified atom stereocenters. The highest BCUT2D eigenvalue weighted by molar-refractivity contribution is 7.99. The normalized spacial score (nSPS) is 11.1. The highest BCUT2D eigenvalue weighted by Gasteiger charge is 2.20. The first-order valence-electron chi connectivity index (χ1n) is 7.91. The maximum absolute atomic E-state index is 12.1. The number of Topliss-reactive ketones (excluding diaryl/α,β-unsaturated/α-hetero) is 1. The van der Waals surface area contributed by atoms with Gasteiger partial charge in [0.25, 0.3) is 5.69 Å². The number of allylic oxidation sites excluding steroid dienone is 1. The second-order valence-electron chi connectivity index (χ2n) is 5.52. The Hall–Kier alpha value is -3.64. The summed E-state index contributed by atoms with van der Waals surface area (Å²) in [7, 11) is 0. The van der Waals surface area contributed by atoms with Gasteiger partial charge in [-0.2, -0.15) is 5.26 Å². The maximum Gasteiger partial charge on any atom is 0.338 e. The fraction of sp³-hybridized carbons (Fsp3) is 0.105. The third-order valence-corrected chi connectivity index (χ3v) is 4.55. The number of benzene rings is 2. The molecular formula is C19H15N3O5S. The van der Waals surface area contributed by atoms with Gasteiger partial charge in [-0.3, -0.25) is 14.9 Å². The highest BCUT2D eigenvalue weighted by Crippen LogP contribution is 2.35. The molecular weight excluding hydrogens is 382 g/mol. The van der Waals surface area contributed by atoms with E-state index in [2.05, 4.69) is 0 Å². The standard InChI is InChI=1S/C19H15N3O5S/c1-12(21)15(10-20)17(23)11-27-19(24)13-7-8-18(16(9-13)22(25)26)28-14-5-3-2-4-6-14/h2-9H,11,21H2,1H3/b15-12-. The van der Waals surface area contributed by atoms with Crippen molar-refractivity contribution >= 4 is 29.2 Å². The van der Waals surface area contributed by atoms with E-state index in [1.165, 1.54) is 30.8 Å². The summed E-state index contributed by atoms with van der Waals surface area (Å²) in [5.41, 5.74) is 4.80. The average molecular weight is 397 g/mol. The number of hydrogen-bond acceptors (Lipinski definition) is 8. The number of nitrogens with two attached hydrogens (primary N) is 1. The van der Waals surface area contributed by atoms with Crippen LogP contribution in [0, 0.1) is 21.4 Å². The van der Waals surface area contributed by atoms with E-state index in [0.717, 1.165) is 11.0 Å². The Labute approximate surface area is 164 Å². The van der Waals surface area contributed by atoms with Crippen LogP contribution in [-0.4, -0.2) is 23.3 Å². The van der Waals surface area contributed by atoms with E-state index in [0.29, 0.717) is 4.90 Å². The summed E-state index contributed by atoms with van der Waals surface area (Å²) in [5, 5.41) is 20.3. The molecule has 0 fully saturated rings. The van der Waals surface area contributed by atoms with Crippen LogP contribution in [0.2, 0.25) is 0 Å². The molecule has 2 rings (SSSR count). The molecule has 0 heterocycles. The van der Waals surface area contributed by atoms with Crippen molar-refractivity contribution in [2.45, 2.75) is 16.7 Å². The largest absolute Gasteiger partial charge is 0.454 e. The average Bonchev–Trinajstić information content (AvgIpc) is 2.67. The zero-order chi connectivity index (χ0) is 20.7. The molecule has 0 saturated heterocycles. The minimum absolute atomic E-state index is 0.0153. The van der Waals surface area contributed by atoms with Gasteiger partial charge < -0.3 is 10.5 Å². The molecule has 2 N–H and O–H groups in total. The van der Waals surface area contributed by atoms with Crippen LogP contribution >= 0.6 is 11.8 Å². The van der Waals surface area contributed by atoms with E-state index in [1.54, 1.807) is 6.07 Å². The van der Waals surface area contributed by atoms with E-state index in [4.69, 9.17) is 15.7 Å². The molecule has 142 valence electrons. The van der Waals surface area contributed by atoms with Gasteiger partial charge in [-0.05, 0) is 31.2 Å². The Kier molecular flexibility index (Phi) is 6.90. The van der Waals surface area contributed by atoms with E-state index < -0.39 is 23.3 Å². The van der Waals surface area contributed by atoms with Gasteiger partial charge >= 0.3 is 5.97 Å². The first-order valence-corrected chi connectivity index (χ1v) is 8.73. The first kappa shape index (κ1) is 20.7. The van der Waals surface area contributed by atoms with Gasteiger partial charge in [-0.15, -0.1) is 0 Å². The number of nitrogens with zero attached hydrogens (tertiary/aromatic N) is 2. The Bertz CT molecular complexity index is 992. The van der Waals surface area contributed by atoms with Crippen LogP contribution in [-0.2, 0) is 9.53 Å². The van der Waals surface area contributed by atoms with Crippen molar-refractivity contribution in [1.29, 1.82) is 5.26 Å². The van der Waals surface area contributed by atoms with Crippen LogP contribution in [0.5, 0.6) is 0 Å². The molecule has 0 spiro atoms. The summed E-state index contributed by atoms with van der Waals surface area (Å²) in [6, 6.07) is 14.6. The van der Waals surface area contributed by atoms with Crippen molar-refractivity contribution in [3.8, 4) is 6.07 Å². The van der Waals surface area contributed by atoms with Crippen molar-refractivity contribution in [2.24, 2.45) is 5.73 Å². The van der Waals surface area contributed by atoms with Crippen LogP contribution in [0.25, 0.3) is 0 Å². The van der Waals surface area contributed by atoms with Crippen LogP contribution in [0.1, 0.15) is 17.3 Å². The summed E-state index contributed by atoms with van der Waals surface area (Å²) in [6.45, 7) is 0.690. The van der Waals surface area contributed by atoms with Gasteiger partial charge in [0.1, 0.15) is 11.6 Å². The van der Waals surface area contributed by atoms with Gasteiger partial charge in [-0.25, -0.2) is 4.79 Å². The Balaban J connectivity index is 2.18. The predicted molar refractivity (Wildman–Crippen MR) is 101 cm³/mol. The van der Waals surface area contributed by atoms with Gasteiger partial charge in [-0.1, -0.05) is 30.0 Å². The summed E-state index contributed by atoms with van der Waals surface area (Å²) < 4.78 is 4.86. The lowest BCUT2D eigenvalue weighted by Crippen LogP contribution is -2.17. The number of hydrogen-bond donors (Lipinski definition) is 1. The monoisotopic (exact) mass is 397 g/mol. The molecule has 0 aliphatic carbocycles. The smallest absolute Gasteiger partial charge is 0.338 e. The fourth-order valence-electron chi connectivity index (χ4n) is 2.15. The number of carbonyl (C=O) groups excluding carboxylic acids is 2. The summed E-state index contributed by atoms with van der Waals surface area (Å²) in [5.74, 6) is -1.67. The van der Waals surface area contributed by atoms with Crippen molar-refractivity contribution in [3.63, 3.8) is 0 Å². The molecule has 0 radical (unpaired) electrons. The number of nitriles is 1. The van der Waals surface area contributed by atoms with Gasteiger partial charge in [0.15, 0.2) is 6.61 Å². The zero-order valence-corrected chi connectivity index (χ0v) is 15.6. The lowest BCUT2D eigenvalue weighted by atomic mass is 10.1. The molecule has 8 nitrogen and oxygen atoms in total. The molecule has 0 bridgehead atoms. The third kappa shape index (κ3) is 5.18. The number of nitro benzene ring substituents is 1. The minimum atomic E-state index is -0.917. The number of carbonyl (C=O) groups is 2. The molecule has 0 atom stereocenters. The van der Waals surface area contributed by atoms with Crippen molar-refractivity contribution < 1.29 is 19.2 Å². The molecule has 0 saturated carbocycles. The Morgan fingerprint density at radius 1 is 1.25 bits per heavy atom. The fourth-order valence-corrected chi connectivity index (χ4v) is 3.07. The summed E-state index contributed by atoms with van der Waals surface area (Å²) in [4.78, 5) is 35.9. The summed E-state index contributed by atoms with van der Waals surface area (Å²) in [6.07, 6.45) is 0. The van der Waals surface area contributed by atoms with Gasteiger partial charge in [0.2, 0.25) is 5.78 Å². The van der Waals surface area contributed by atoms with E-state index >= 15 is 0 Å². The molecule has 2 aromatic rings. The molecule has 9 heteroatoms. The van der Waals surface area contributed by atoms with Crippen LogP contribution in [0.3, 0.4) is 0 Å². The molecule has 0 aliphatic rings. The Morgan fingerprint density at radius 3 is 2.50 bits per heavy atom. The number of ether oxygens (including phenoxy) is 1. The van der Waals surface area contributed by atoms with Crippen LogP contribution in [0.15, 0.2) is 69.6 Å². The van der Waals surface area contributed by atoms with E-state index in [1.807, 2.05) is 30.3 Å². The minimum Gasteiger partial charge on any atom is -0.454 e. The zero-order valence-electron chi connectivity index (χ0n) is 14.7. The topological polar surface area (TPSA) is 136 Å². The second-order valence-corrected chi connectivity index (χ2v) is 6.64. The van der Waals surface area contributed by atoms with Crippen LogP contribution < -0.4 is 5.73 Å². The van der Waals surface area contributed by atoms with Crippen molar-refractivity contribution in [3.05, 3.63) is 75.5 Å². The quantitative estimate of drug-likeness (QED) is 0.247. The molecule has 0 aliphatic heterocycles. The third-order valence-electron chi connectivity index (χ3n) is 3.48. The molecule has 28 heavy (non-hydrogen) atoms. The number of esters is 1. The predicted octanol–water partition coefficient (Wildman–Crippen LogP) is 3.23. The Morgan fingerprint density at radius 2 is 1.93 bits per heavy atom.